The molecule has 7 heteroatoms. The fraction of sp³-hybridized carbons (Fsp3) is 0.458. The zero-order chi connectivity index (χ0) is 21.6. The highest BCUT2D eigenvalue weighted by Crippen LogP contribution is 2.62. The van der Waals surface area contributed by atoms with Crippen LogP contribution < -0.4 is 11.1 Å². The number of fused-ring (bicyclic) bond motifs is 3. The fourth-order valence-corrected chi connectivity index (χ4v) is 5.49. The summed E-state index contributed by atoms with van der Waals surface area (Å²) in [6.45, 7) is 2.46. The number of hydrogen-bond acceptors (Lipinski definition) is 6. The fourth-order valence-electron chi connectivity index (χ4n) is 5.49. The lowest BCUT2D eigenvalue weighted by molar-refractivity contribution is -0.000371. The molecule has 1 atom stereocenters. The van der Waals surface area contributed by atoms with Crippen LogP contribution in [0.3, 0.4) is 0 Å². The molecule has 0 saturated heterocycles. The second kappa shape index (κ2) is 7.41. The molecule has 2 spiro atoms. The molecular weight excluding hydrogens is 393 g/mol. The van der Waals surface area contributed by atoms with Gasteiger partial charge < -0.3 is 15.8 Å². The van der Waals surface area contributed by atoms with Gasteiger partial charge in [-0.25, -0.2) is 9.38 Å². The van der Waals surface area contributed by atoms with E-state index >= 15 is 0 Å². The largest absolute Gasteiger partial charge is 0.382 e. The average molecular weight is 422 g/mol. The Bertz CT molecular complexity index is 1040. The molecule has 1 aliphatic heterocycles. The van der Waals surface area contributed by atoms with Crippen LogP contribution >= 0.6 is 0 Å². The Morgan fingerprint density at radius 2 is 2.00 bits per heavy atom. The Morgan fingerprint density at radius 3 is 2.65 bits per heavy atom. The number of anilines is 1. The minimum atomic E-state index is -0.652. The van der Waals surface area contributed by atoms with E-state index in [0.717, 1.165) is 54.8 Å². The molecule has 1 saturated carbocycles. The van der Waals surface area contributed by atoms with Gasteiger partial charge in [-0.2, -0.15) is 0 Å². The first-order chi connectivity index (χ1) is 14.9. The number of halogens is 1. The normalized spacial score (nSPS) is 29.2. The summed E-state index contributed by atoms with van der Waals surface area (Å²) in [6.07, 6.45) is 6.54. The van der Waals surface area contributed by atoms with Crippen LogP contribution in [0.5, 0.6) is 0 Å². The molecule has 1 aromatic carbocycles. The number of amidine groups is 1. The number of nitrogens with one attached hydrogen (secondary N) is 1. The van der Waals surface area contributed by atoms with E-state index in [-0.39, 0.29) is 11.2 Å². The highest BCUT2D eigenvalue weighted by molar-refractivity contribution is 6.41. The first-order valence-corrected chi connectivity index (χ1v) is 10.9. The van der Waals surface area contributed by atoms with E-state index in [9.17, 15) is 4.39 Å². The lowest BCUT2D eigenvalue weighted by Gasteiger charge is -2.44. The number of nitrogens with zero attached hydrogens (tertiary/aromatic N) is 3. The quantitative estimate of drug-likeness (QED) is 0.783. The molecule has 3 N–H and O–H groups in total. The number of rotatable bonds is 4. The lowest BCUT2D eigenvalue weighted by atomic mass is 9.65. The molecule has 3 aliphatic rings. The minimum absolute atomic E-state index is 0.0656. The third-order valence-corrected chi connectivity index (χ3v) is 7.22. The Balaban J connectivity index is 1.48. The monoisotopic (exact) mass is 421 g/mol. The highest BCUT2D eigenvalue weighted by Gasteiger charge is 2.60. The van der Waals surface area contributed by atoms with Crippen molar-refractivity contribution in [3.8, 4) is 0 Å². The summed E-state index contributed by atoms with van der Waals surface area (Å²) in [6, 6.07) is 9.55. The topological polar surface area (TPSA) is 84.9 Å². The summed E-state index contributed by atoms with van der Waals surface area (Å²) >= 11 is 0. The number of hydrogen-bond donors (Lipinski definition) is 2. The van der Waals surface area contributed by atoms with Crippen molar-refractivity contribution in [1.82, 2.24) is 4.98 Å². The van der Waals surface area contributed by atoms with Crippen molar-refractivity contribution >= 4 is 17.2 Å². The number of nitrogens with two attached hydrogens (primary N) is 1. The maximum atomic E-state index is 13.1. The van der Waals surface area contributed by atoms with Gasteiger partial charge in [-0.15, -0.1) is 0 Å². The molecule has 1 fully saturated rings. The maximum Gasteiger partial charge on any atom is 0.184 e. The number of benzene rings is 1. The van der Waals surface area contributed by atoms with Crippen LogP contribution in [0, 0.1) is 11.2 Å². The molecule has 31 heavy (non-hydrogen) atoms. The van der Waals surface area contributed by atoms with Gasteiger partial charge in [0.05, 0.1) is 30.3 Å². The van der Waals surface area contributed by atoms with Crippen molar-refractivity contribution in [2.75, 3.05) is 12.4 Å². The van der Waals surface area contributed by atoms with Gasteiger partial charge in [-0.05, 0) is 68.9 Å². The van der Waals surface area contributed by atoms with Crippen LogP contribution in [0.1, 0.15) is 49.4 Å². The average Bonchev–Trinajstić information content (AvgIpc) is 3.22. The van der Waals surface area contributed by atoms with Gasteiger partial charge in [0.2, 0.25) is 0 Å². The van der Waals surface area contributed by atoms with Crippen molar-refractivity contribution in [2.45, 2.75) is 57.3 Å². The van der Waals surface area contributed by atoms with Crippen LogP contribution in [0.25, 0.3) is 0 Å². The van der Waals surface area contributed by atoms with Gasteiger partial charge in [-0.3, -0.25) is 9.98 Å². The predicted molar refractivity (Wildman–Crippen MR) is 120 cm³/mol. The number of methoxy groups -OCH3 is 1. The molecule has 0 radical (unpaired) electrons. The van der Waals surface area contributed by atoms with E-state index < -0.39 is 5.66 Å². The maximum absolute atomic E-state index is 13.1. The van der Waals surface area contributed by atoms with E-state index in [0.29, 0.717) is 18.5 Å². The summed E-state index contributed by atoms with van der Waals surface area (Å²) in [7, 11) is 1.80. The highest BCUT2D eigenvalue weighted by atomic mass is 19.1. The number of pyridine rings is 1. The molecule has 162 valence electrons. The number of aliphatic imine (C=N–C) groups is 2. The molecule has 2 aromatic rings. The summed E-state index contributed by atoms with van der Waals surface area (Å²) < 4.78 is 18.8. The lowest BCUT2D eigenvalue weighted by Crippen LogP contribution is -2.43. The Kier molecular flexibility index (Phi) is 4.81. The van der Waals surface area contributed by atoms with Crippen molar-refractivity contribution in [2.24, 2.45) is 21.1 Å². The standard InChI is InChI=1S/C24H28FN5O/c1-15-22(26)30-24(29-15)21-11-18(28-14-19-6-4-17(25)13-27-19)5-3-16(21)12-23(24)9-7-20(31-2)8-10-23/h3-6,11,13,20,28H,7-10,12,14H2,1-2H3,(H2,26,30). The third-order valence-electron chi connectivity index (χ3n) is 7.22. The Labute approximate surface area is 181 Å². The van der Waals surface area contributed by atoms with Crippen molar-refractivity contribution in [3.05, 3.63) is 59.2 Å². The molecule has 5 rings (SSSR count). The van der Waals surface area contributed by atoms with Gasteiger partial charge in [0.15, 0.2) is 5.66 Å². The Hall–Kier alpha value is -2.80. The molecule has 1 aromatic heterocycles. The van der Waals surface area contributed by atoms with E-state index in [1.807, 2.05) is 6.92 Å². The molecule has 0 bridgehead atoms. The van der Waals surface area contributed by atoms with Crippen LogP contribution in [0.15, 0.2) is 46.5 Å². The molecule has 0 amide bonds. The molecule has 1 unspecified atom stereocenters. The smallest absolute Gasteiger partial charge is 0.184 e. The zero-order valence-electron chi connectivity index (χ0n) is 18.0. The second-order valence-electron chi connectivity index (χ2n) is 8.95. The molecular formula is C24H28FN5O. The van der Waals surface area contributed by atoms with E-state index in [1.54, 1.807) is 13.2 Å². The first-order valence-electron chi connectivity index (χ1n) is 10.9. The molecule has 2 heterocycles. The third kappa shape index (κ3) is 3.22. The van der Waals surface area contributed by atoms with Crippen molar-refractivity contribution in [1.29, 1.82) is 0 Å². The van der Waals surface area contributed by atoms with Gasteiger partial charge in [0.25, 0.3) is 0 Å². The van der Waals surface area contributed by atoms with Crippen molar-refractivity contribution < 1.29 is 9.13 Å². The second-order valence-corrected chi connectivity index (χ2v) is 8.95. The van der Waals surface area contributed by atoms with Crippen LogP contribution in [0.4, 0.5) is 10.1 Å². The van der Waals surface area contributed by atoms with E-state index in [2.05, 4.69) is 28.5 Å². The van der Waals surface area contributed by atoms with Gasteiger partial charge in [0.1, 0.15) is 11.7 Å². The number of aromatic nitrogens is 1. The van der Waals surface area contributed by atoms with Crippen LogP contribution in [-0.4, -0.2) is 29.7 Å². The summed E-state index contributed by atoms with van der Waals surface area (Å²) in [5.41, 5.74) is 10.5. The van der Waals surface area contributed by atoms with Gasteiger partial charge in [0, 0.05) is 23.8 Å². The van der Waals surface area contributed by atoms with Crippen LogP contribution in [-0.2, 0) is 23.4 Å². The van der Waals surface area contributed by atoms with Crippen LogP contribution in [0.2, 0.25) is 0 Å². The van der Waals surface area contributed by atoms with E-state index in [4.69, 9.17) is 20.5 Å². The summed E-state index contributed by atoms with van der Waals surface area (Å²) in [4.78, 5) is 14.2. The van der Waals surface area contributed by atoms with Gasteiger partial charge >= 0.3 is 0 Å². The SMILES string of the molecule is COC1CCC2(CC1)Cc1ccc(NCc3ccc(F)cn3)cc1C21N=C(C)C(N)=N1. The summed E-state index contributed by atoms with van der Waals surface area (Å²) in [5, 5.41) is 3.41. The van der Waals surface area contributed by atoms with Gasteiger partial charge in [-0.1, -0.05) is 6.07 Å². The minimum Gasteiger partial charge on any atom is -0.382 e. The Morgan fingerprint density at radius 1 is 1.19 bits per heavy atom. The molecule has 6 nitrogen and oxygen atoms in total. The predicted octanol–water partition coefficient (Wildman–Crippen LogP) is 3.95. The number of ether oxygens (including phenoxy) is 1. The zero-order valence-corrected chi connectivity index (χ0v) is 18.0. The van der Waals surface area contributed by atoms with Crippen molar-refractivity contribution in [3.63, 3.8) is 0 Å². The molecule has 2 aliphatic carbocycles. The summed E-state index contributed by atoms with van der Waals surface area (Å²) in [5.74, 6) is 0.205. The first kappa shape index (κ1) is 20.1. The van der Waals surface area contributed by atoms with E-state index in [1.165, 1.54) is 17.8 Å².